The van der Waals surface area contributed by atoms with E-state index in [0.29, 0.717) is 30.0 Å². The molecule has 1 saturated heterocycles. The molecule has 1 atom stereocenters. The van der Waals surface area contributed by atoms with Gasteiger partial charge in [-0.05, 0) is 49.9 Å². The maximum absolute atomic E-state index is 12.9. The molecule has 0 aliphatic carbocycles. The van der Waals surface area contributed by atoms with Gasteiger partial charge in [0.1, 0.15) is 6.10 Å². The highest BCUT2D eigenvalue weighted by Gasteiger charge is 2.24. The molecule has 1 fully saturated rings. The fraction of sp³-hybridized carbons (Fsp3) is 0.261. The summed E-state index contributed by atoms with van der Waals surface area (Å²) in [6.45, 7) is 4.30. The lowest BCUT2D eigenvalue weighted by Gasteiger charge is -2.13. The van der Waals surface area contributed by atoms with E-state index in [1.165, 1.54) is 0 Å². The molecule has 2 aromatic carbocycles. The van der Waals surface area contributed by atoms with Gasteiger partial charge in [0.2, 0.25) is 5.88 Å². The molecular formula is C23H23N3O4. The predicted octanol–water partition coefficient (Wildman–Crippen LogP) is 4.33. The summed E-state index contributed by atoms with van der Waals surface area (Å²) < 4.78 is 10.8. The number of nitrogens with one attached hydrogen (secondary N) is 2. The molecule has 0 spiro atoms. The molecule has 0 radical (unpaired) electrons. The van der Waals surface area contributed by atoms with Crippen LogP contribution in [0.15, 0.2) is 53.1 Å². The summed E-state index contributed by atoms with van der Waals surface area (Å²) in [4.78, 5) is 25.3. The molecule has 2 N–H and O–H groups in total. The summed E-state index contributed by atoms with van der Waals surface area (Å²) in [6, 6.07) is 14.8. The fourth-order valence-corrected chi connectivity index (χ4v) is 3.47. The zero-order chi connectivity index (χ0) is 21.1. The Morgan fingerprint density at radius 3 is 2.60 bits per heavy atom. The van der Waals surface area contributed by atoms with Crippen LogP contribution in [0.25, 0.3) is 11.1 Å². The average Bonchev–Trinajstić information content (AvgIpc) is 3.40. The minimum atomic E-state index is -0.438. The van der Waals surface area contributed by atoms with Crippen LogP contribution in [-0.4, -0.2) is 29.7 Å². The molecule has 2 heterocycles. The minimum absolute atomic E-state index is 0.189. The topological polar surface area (TPSA) is 93.5 Å². The second-order valence-corrected chi connectivity index (χ2v) is 7.31. The first kappa shape index (κ1) is 19.8. The number of anilines is 2. The molecule has 3 aromatic rings. The Kier molecular flexibility index (Phi) is 5.63. The van der Waals surface area contributed by atoms with Gasteiger partial charge in [-0.25, -0.2) is 0 Å². The van der Waals surface area contributed by atoms with Crippen molar-refractivity contribution in [2.75, 3.05) is 17.2 Å². The lowest BCUT2D eigenvalue weighted by molar-refractivity contribution is -0.124. The summed E-state index contributed by atoms with van der Waals surface area (Å²) in [7, 11) is 0. The van der Waals surface area contributed by atoms with Crippen LogP contribution < -0.4 is 10.6 Å². The van der Waals surface area contributed by atoms with Crippen molar-refractivity contribution in [2.24, 2.45) is 0 Å². The van der Waals surface area contributed by atoms with E-state index in [4.69, 9.17) is 9.26 Å². The second kappa shape index (κ2) is 8.51. The third-order valence-corrected chi connectivity index (χ3v) is 5.13. The van der Waals surface area contributed by atoms with E-state index < -0.39 is 6.10 Å². The van der Waals surface area contributed by atoms with Crippen LogP contribution in [-0.2, 0) is 9.53 Å². The monoisotopic (exact) mass is 405 g/mol. The highest BCUT2D eigenvalue weighted by Crippen LogP contribution is 2.31. The van der Waals surface area contributed by atoms with Crippen LogP contribution in [0.2, 0.25) is 0 Å². The number of carbonyl (C=O) groups excluding carboxylic acids is 2. The van der Waals surface area contributed by atoms with Crippen molar-refractivity contribution in [1.82, 2.24) is 5.16 Å². The molecular weight excluding hydrogens is 382 g/mol. The van der Waals surface area contributed by atoms with Crippen molar-refractivity contribution >= 4 is 23.4 Å². The predicted molar refractivity (Wildman–Crippen MR) is 113 cm³/mol. The molecule has 1 aromatic heterocycles. The van der Waals surface area contributed by atoms with Gasteiger partial charge < -0.3 is 14.6 Å². The smallest absolute Gasteiger partial charge is 0.258 e. The largest absolute Gasteiger partial charge is 0.368 e. The van der Waals surface area contributed by atoms with Crippen LogP contribution in [0, 0.1) is 13.8 Å². The second-order valence-electron chi connectivity index (χ2n) is 7.31. The average molecular weight is 405 g/mol. The van der Waals surface area contributed by atoms with E-state index in [-0.39, 0.29) is 17.7 Å². The SMILES string of the molecule is Cc1ccc(C(=O)Nc2onc(C)c2-c2ccccc2)cc1NC(=O)[C@@H]1CCCO1. The number of amides is 2. The first-order valence-electron chi connectivity index (χ1n) is 9.89. The number of hydrogen-bond donors (Lipinski definition) is 2. The molecule has 30 heavy (non-hydrogen) atoms. The van der Waals surface area contributed by atoms with Crippen molar-refractivity contribution in [3.05, 3.63) is 65.4 Å². The van der Waals surface area contributed by atoms with Gasteiger partial charge in [-0.15, -0.1) is 0 Å². The van der Waals surface area contributed by atoms with E-state index in [9.17, 15) is 9.59 Å². The molecule has 1 aliphatic heterocycles. The van der Waals surface area contributed by atoms with Gasteiger partial charge in [-0.3, -0.25) is 14.9 Å². The van der Waals surface area contributed by atoms with Gasteiger partial charge in [0, 0.05) is 17.9 Å². The summed E-state index contributed by atoms with van der Waals surface area (Å²) in [6.07, 6.45) is 1.14. The third kappa shape index (κ3) is 4.11. The maximum atomic E-state index is 12.9. The number of nitrogens with zero attached hydrogens (tertiary/aromatic N) is 1. The van der Waals surface area contributed by atoms with Crippen LogP contribution in [0.3, 0.4) is 0 Å². The zero-order valence-electron chi connectivity index (χ0n) is 16.9. The summed E-state index contributed by atoms with van der Waals surface area (Å²) >= 11 is 0. The fourth-order valence-electron chi connectivity index (χ4n) is 3.47. The highest BCUT2D eigenvalue weighted by molar-refractivity contribution is 6.06. The Morgan fingerprint density at radius 2 is 1.87 bits per heavy atom. The van der Waals surface area contributed by atoms with Crippen molar-refractivity contribution in [1.29, 1.82) is 0 Å². The number of rotatable bonds is 5. The van der Waals surface area contributed by atoms with Crippen molar-refractivity contribution in [3.63, 3.8) is 0 Å². The van der Waals surface area contributed by atoms with E-state index >= 15 is 0 Å². The van der Waals surface area contributed by atoms with E-state index in [1.54, 1.807) is 18.2 Å². The van der Waals surface area contributed by atoms with Crippen molar-refractivity contribution < 1.29 is 18.8 Å². The highest BCUT2D eigenvalue weighted by atomic mass is 16.5. The Morgan fingerprint density at radius 1 is 1.07 bits per heavy atom. The molecule has 0 bridgehead atoms. The molecule has 7 heteroatoms. The zero-order valence-corrected chi connectivity index (χ0v) is 16.9. The first-order valence-corrected chi connectivity index (χ1v) is 9.89. The van der Waals surface area contributed by atoms with Crippen LogP contribution in [0.1, 0.15) is 34.5 Å². The van der Waals surface area contributed by atoms with Gasteiger partial charge in [0.25, 0.3) is 11.8 Å². The van der Waals surface area contributed by atoms with Gasteiger partial charge in [0.15, 0.2) is 0 Å². The normalized spacial score (nSPS) is 15.7. The van der Waals surface area contributed by atoms with E-state index in [0.717, 1.165) is 23.1 Å². The standard InChI is InChI=1S/C23H23N3O4/c1-14-10-11-17(13-18(14)24-22(28)19-9-6-12-29-19)21(27)25-23-20(15(2)26-30-23)16-7-4-3-5-8-16/h3-5,7-8,10-11,13,19H,6,9,12H2,1-2H3,(H,24,28)(H,25,27)/t19-/m0/s1. The number of aromatic nitrogens is 1. The van der Waals surface area contributed by atoms with E-state index in [1.807, 2.05) is 44.2 Å². The van der Waals surface area contributed by atoms with Crippen LogP contribution in [0.4, 0.5) is 11.6 Å². The Labute approximate surface area is 174 Å². The van der Waals surface area contributed by atoms with Crippen molar-refractivity contribution in [3.8, 4) is 11.1 Å². The molecule has 0 saturated carbocycles. The van der Waals surface area contributed by atoms with Gasteiger partial charge in [-0.2, -0.15) is 0 Å². The number of aryl methyl sites for hydroxylation is 2. The summed E-state index contributed by atoms with van der Waals surface area (Å²) in [5.74, 6) is -0.254. The van der Waals surface area contributed by atoms with Gasteiger partial charge in [-0.1, -0.05) is 41.6 Å². The minimum Gasteiger partial charge on any atom is -0.368 e. The lowest BCUT2D eigenvalue weighted by Crippen LogP contribution is -2.27. The maximum Gasteiger partial charge on any atom is 0.258 e. The molecule has 2 amide bonds. The lowest BCUT2D eigenvalue weighted by atomic mass is 10.1. The molecule has 0 unspecified atom stereocenters. The quantitative estimate of drug-likeness (QED) is 0.659. The van der Waals surface area contributed by atoms with Crippen molar-refractivity contribution in [2.45, 2.75) is 32.8 Å². The Bertz CT molecular complexity index is 1070. The molecule has 1 aliphatic rings. The Balaban J connectivity index is 1.54. The first-order chi connectivity index (χ1) is 14.5. The van der Waals surface area contributed by atoms with Crippen LogP contribution in [0.5, 0.6) is 0 Å². The molecule has 4 rings (SSSR count). The number of benzene rings is 2. The number of carbonyl (C=O) groups is 2. The van der Waals surface area contributed by atoms with E-state index in [2.05, 4.69) is 15.8 Å². The number of ether oxygens (including phenoxy) is 1. The Hall–Kier alpha value is -3.45. The summed E-state index contributed by atoms with van der Waals surface area (Å²) in [5, 5.41) is 9.66. The number of hydrogen-bond acceptors (Lipinski definition) is 5. The summed E-state index contributed by atoms with van der Waals surface area (Å²) in [5.41, 5.74) is 4.17. The van der Waals surface area contributed by atoms with Gasteiger partial charge in [0.05, 0.1) is 11.3 Å². The van der Waals surface area contributed by atoms with Gasteiger partial charge >= 0.3 is 0 Å². The molecule has 154 valence electrons. The third-order valence-electron chi connectivity index (χ3n) is 5.13. The van der Waals surface area contributed by atoms with Crippen LogP contribution >= 0.6 is 0 Å². The molecule has 7 nitrogen and oxygen atoms in total.